The van der Waals surface area contributed by atoms with E-state index in [2.05, 4.69) is 20.8 Å². The van der Waals surface area contributed by atoms with Gasteiger partial charge in [0, 0.05) is 0 Å². The van der Waals surface area contributed by atoms with Crippen LogP contribution >= 0.6 is 0 Å². The minimum Gasteiger partial charge on any atom is -0.497 e. The van der Waals surface area contributed by atoms with Gasteiger partial charge in [-0.1, -0.05) is 39.0 Å². The van der Waals surface area contributed by atoms with Gasteiger partial charge < -0.3 is 9.84 Å². The SMILES string of the molecule is COc1cccc(/C=C(/CO)C(C)(C)C)c1. The van der Waals surface area contributed by atoms with Crippen molar-refractivity contribution < 1.29 is 9.84 Å². The molecule has 0 bridgehead atoms. The second-order valence-corrected chi connectivity index (χ2v) is 4.85. The highest BCUT2D eigenvalue weighted by atomic mass is 16.5. The van der Waals surface area contributed by atoms with Crippen molar-refractivity contribution in [2.75, 3.05) is 13.7 Å². The standard InChI is InChI=1S/C14H20O2/c1-14(2,3)12(10-15)8-11-6-5-7-13(9-11)16-4/h5-9,15H,10H2,1-4H3/b12-8-. The fourth-order valence-electron chi connectivity index (χ4n) is 1.43. The summed E-state index contributed by atoms with van der Waals surface area (Å²) in [6.07, 6.45) is 2.02. The van der Waals surface area contributed by atoms with E-state index in [1.54, 1.807) is 7.11 Å². The number of hydrogen-bond acceptors (Lipinski definition) is 2. The molecular formula is C14H20O2. The molecule has 0 saturated heterocycles. The fourth-order valence-corrected chi connectivity index (χ4v) is 1.43. The van der Waals surface area contributed by atoms with Crippen LogP contribution in [0, 0.1) is 5.41 Å². The highest BCUT2D eigenvalue weighted by Gasteiger charge is 2.15. The smallest absolute Gasteiger partial charge is 0.119 e. The molecule has 1 aromatic carbocycles. The Balaban J connectivity index is 3.04. The minimum atomic E-state index is -0.0160. The number of aliphatic hydroxyl groups excluding tert-OH is 1. The maximum atomic E-state index is 9.35. The second-order valence-electron chi connectivity index (χ2n) is 4.85. The lowest BCUT2D eigenvalue weighted by Crippen LogP contribution is -2.12. The first-order valence-electron chi connectivity index (χ1n) is 5.43. The first-order chi connectivity index (χ1) is 7.47. The molecule has 0 heterocycles. The summed E-state index contributed by atoms with van der Waals surface area (Å²) < 4.78 is 5.16. The van der Waals surface area contributed by atoms with Crippen molar-refractivity contribution in [1.82, 2.24) is 0 Å². The molecule has 2 nitrogen and oxygen atoms in total. The van der Waals surface area contributed by atoms with Gasteiger partial charge in [0.05, 0.1) is 13.7 Å². The molecule has 0 spiro atoms. The van der Waals surface area contributed by atoms with E-state index in [1.807, 2.05) is 30.3 Å². The molecule has 16 heavy (non-hydrogen) atoms. The molecule has 0 aliphatic rings. The highest BCUT2D eigenvalue weighted by Crippen LogP contribution is 2.27. The Morgan fingerprint density at radius 3 is 2.56 bits per heavy atom. The maximum Gasteiger partial charge on any atom is 0.119 e. The Bertz CT molecular complexity index is 373. The van der Waals surface area contributed by atoms with E-state index in [1.165, 1.54) is 0 Å². The van der Waals surface area contributed by atoms with E-state index in [9.17, 15) is 5.11 Å². The van der Waals surface area contributed by atoms with Crippen LogP contribution in [0.3, 0.4) is 0 Å². The van der Waals surface area contributed by atoms with Gasteiger partial charge in [-0.3, -0.25) is 0 Å². The molecule has 0 aliphatic carbocycles. The number of hydrogen-bond donors (Lipinski definition) is 1. The van der Waals surface area contributed by atoms with Crippen molar-refractivity contribution in [2.24, 2.45) is 5.41 Å². The average Bonchev–Trinajstić information content (AvgIpc) is 2.24. The zero-order valence-electron chi connectivity index (χ0n) is 10.4. The van der Waals surface area contributed by atoms with Gasteiger partial charge in [-0.15, -0.1) is 0 Å². The molecule has 0 saturated carbocycles. The first-order valence-corrected chi connectivity index (χ1v) is 5.43. The van der Waals surface area contributed by atoms with E-state index >= 15 is 0 Å². The topological polar surface area (TPSA) is 29.5 Å². The molecule has 0 radical (unpaired) electrons. The Morgan fingerprint density at radius 1 is 1.38 bits per heavy atom. The lowest BCUT2D eigenvalue weighted by molar-refractivity contribution is 0.298. The van der Waals surface area contributed by atoms with Gasteiger partial charge >= 0.3 is 0 Å². The van der Waals surface area contributed by atoms with Crippen molar-refractivity contribution in [3.63, 3.8) is 0 Å². The third-order valence-corrected chi connectivity index (χ3v) is 2.57. The quantitative estimate of drug-likeness (QED) is 0.848. The predicted molar refractivity (Wildman–Crippen MR) is 67.5 cm³/mol. The molecule has 0 unspecified atom stereocenters. The van der Waals surface area contributed by atoms with E-state index < -0.39 is 0 Å². The largest absolute Gasteiger partial charge is 0.497 e. The Labute approximate surface area is 97.6 Å². The van der Waals surface area contributed by atoms with E-state index in [0.29, 0.717) is 0 Å². The van der Waals surface area contributed by atoms with Gasteiger partial charge in [0.15, 0.2) is 0 Å². The summed E-state index contributed by atoms with van der Waals surface area (Å²) in [6.45, 7) is 6.36. The molecule has 88 valence electrons. The molecule has 0 fully saturated rings. The molecule has 1 N–H and O–H groups in total. The van der Waals surface area contributed by atoms with Gasteiger partial charge in [-0.2, -0.15) is 0 Å². The van der Waals surface area contributed by atoms with Crippen molar-refractivity contribution in [1.29, 1.82) is 0 Å². The summed E-state index contributed by atoms with van der Waals surface area (Å²) in [5.41, 5.74) is 2.05. The van der Waals surface area contributed by atoms with E-state index in [4.69, 9.17) is 4.74 Å². The summed E-state index contributed by atoms with van der Waals surface area (Å²) in [5, 5.41) is 9.35. The maximum absolute atomic E-state index is 9.35. The van der Waals surface area contributed by atoms with Crippen LogP contribution in [-0.4, -0.2) is 18.8 Å². The third kappa shape index (κ3) is 3.38. The number of benzene rings is 1. The van der Waals surface area contributed by atoms with Crippen LogP contribution in [0.15, 0.2) is 29.8 Å². The van der Waals surface area contributed by atoms with Crippen molar-refractivity contribution >= 4 is 6.08 Å². The zero-order valence-corrected chi connectivity index (χ0v) is 10.4. The molecule has 1 rings (SSSR count). The minimum absolute atomic E-state index is 0.0160. The molecular weight excluding hydrogens is 200 g/mol. The van der Waals surface area contributed by atoms with Gasteiger partial charge in [0.25, 0.3) is 0 Å². The monoisotopic (exact) mass is 220 g/mol. The van der Waals surface area contributed by atoms with E-state index in [0.717, 1.165) is 16.9 Å². The normalized spacial score (nSPS) is 12.7. The summed E-state index contributed by atoms with van der Waals surface area (Å²) in [7, 11) is 1.65. The van der Waals surface area contributed by atoms with Crippen LogP contribution in [-0.2, 0) is 0 Å². The molecule has 0 amide bonds. The van der Waals surface area contributed by atoms with Crippen molar-refractivity contribution in [2.45, 2.75) is 20.8 Å². The predicted octanol–water partition coefficient (Wildman–Crippen LogP) is 3.12. The summed E-state index contributed by atoms with van der Waals surface area (Å²) in [4.78, 5) is 0. The highest BCUT2D eigenvalue weighted by molar-refractivity contribution is 5.56. The summed E-state index contributed by atoms with van der Waals surface area (Å²) >= 11 is 0. The second kappa shape index (κ2) is 5.17. The van der Waals surface area contributed by atoms with Crippen LogP contribution < -0.4 is 4.74 Å². The lowest BCUT2D eigenvalue weighted by atomic mass is 9.86. The molecule has 2 heteroatoms. The van der Waals surface area contributed by atoms with Gasteiger partial charge in [-0.05, 0) is 28.7 Å². The fraction of sp³-hybridized carbons (Fsp3) is 0.429. The Kier molecular flexibility index (Phi) is 4.13. The summed E-state index contributed by atoms with van der Waals surface area (Å²) in [6, 6.07) is 7.82. The van der Waals surface area contributed by atoms with Gasteiger partial charge in [-0.25, -0.2) is 0 Å². The van der Waals surface area contributed by atoms with Crippen LogP contribution in [0.25, 0.3) is 6.08 Å². The lowest BCUT2D eigenvalue weighted by Gasteiger charge is -2.21. The Morgan fingerprint density at radius 2 is 2.06 bits per heavy atom. The molecule has 0 atom stereocenters. The van der Waals surface area contributed by atoms with Crippen LogP contribution in [0.2, 0.25) is 0 Å². The van der Waals surface area contributed by atoms with Crippen LogP contribution in [0.1, 0.15) is 26.3 Å². The van der Waals surface area contributed by atoms with Crippen LogP contribution in [0.4, 0.5) is 0 Å². The number of aliphatic hydroxyl groups is 1. The molecule has 1 aromatic rings. The van der Waals surface area contributed by atoms with Crippen LogP contribution in [0.5, 0.6) is 5.75 Å². The molecule has 0 aromatic heterocycles. The van der Waals surface area contributed by atoms with Crippen molar-refractivity contribution in [3.8, 4) is 5.75 Å². The number of ether oxygens (including phenoxy) is 1. The number of rotatable bonds is 3. The third-order valence-electron chi connectivity index (χ3n) is 2.57. The first kappa shape index (κ1) is 12.8. The van der Waals surface area contributed by atoms with Crippen molar-refractivity contribution in [3.05, 3.63) is 35.4 Å². The molecule has 0 aliphatic heterocycles. The summed E-state index contributed by atoms with van der Waals surface area (Å²) in [5.74, 6) is 0.833. The average molecular weight is 220 g/mol. The van der Waals surface area contributed by atoms with E-state index in [-0.39, 0.29) is 12.0 Å². The van der Waals surface area contributed by atoms with Gasteiger partial charge in [0.1, 0.15) is 5.75 Å². The zero-order chi connectivity index (χ0) is 12.2. The van der Waals surface area contributed by atoms with Gasteiger partial charge in [0.2, 0.25) is 0 Å². The Hall–Kier alpha value is -1.28. The number of methoxy groups -OCH3 is 1.